The van der Waals surface area contributed by atoms with Gasteiger partial charge in [0.25, 0.3) is 0 Å². The number of ether oxygens (including phenoxy) is 2. The Bertz CT molecular complexity index is 1580. The Morgan fingerprint density at radius 1 is 0.562 bits per heavy atom. The summed E-state index contributed by atoms with van der Waals surface area (Å²) in [4.78, 5) is 26.8. The number of benzene rings is 4. The molecular formula is C40H42Cl2O6. The molecule has 8 bridgehead atoms. The maximum Gasteiger partial charge on any atom is 0.162 e. The Hall–Kier alpha value is -4.00. The van der Waals surface area contributed by atoms with Crippen LogP contribution in [-0.4, -0.2) is 47.8 Å². The number of halogens is 2. The number of Topliss-reactive ketones (excluding diaryl/α,β-unsaturated/α-hetero) is 2. The number of hydrogen-bond acceptors (Lipinski definition) is 6. The van der Waals surface area contributed by atoms with Crippen molar-refractivity contribution in [1.29, 1.82) is 0 Å². The van der Waals surface area contributed by atoms with Gasteiger partial charge in [0.05, 0.1) is 14.2 Å². The molecule has 252 valence electrons. The van der Waals surface area contributed by atoms with Gasteiger partial charge in [-0.25, -0.2) is 0 Å². The number of ketones is 2. The predicted molar refractivity (Wildman–Crippen MR) is 191 cm³/mol. The number of fused-ring (bicyclic) bond motifs is 8. The van der Waals surface area contributed by atoms with Crippen molar-refractivity contribution in [2.45, 2.75) is 64.2 Å². The first kappa shape index (κ1) is 35.3. The van der Waals surface area contributed by atoms with Crippen molar-refractivity contribution < 1.29 is 29.3 Å². The van der Waals surface area contributed by atoms with Gasteiger partial charge in [0.2, 0.25) is 0 Å². The van der Waals surface area contributed by atoms with E-state index in [1.165, 1.54) is 0 Å². The van der Waals surface area contributed by atoms with E-state index in [-0.39, 0.29) is 23.1 Å². The molecule has 5 rings (SSSR count). The van der Waals surface area contributed by atoms with Crippen molar-refractivity contribution in [3.8, 4) is 23.0 Å². The molecule has 4 aromatic carbocycles. The van der Waals surface area contributed by atoms with Crippen LogP contribution in [0, 0.1) is 0 Å². The molecule has 0 heterocycles. The van der Waals surface area contributed by atoms with Crippen LogP contribution in [0.25, 0.3) is 0 Å². The van der Waals surface area contributed by atoms with Crippen LogP contribution in [0.3, 0.4) is 0 Å². The highest BCUT2D eigenvalue weighted by Gasteiger charge is 2.23. The predicted octanol–water partition coefficient (Wildman–Crippen LogP) is 8.98. The fourth-order valence-corrected chi connectivity index (χ4v) is 6.99. The minimum Gasteiger partial charge on any atom is -0.507 e. The van der Waals surface area contributed by atoms with Crippen molar-refractivity contribution in [3.63, 3.8) is 0 Å². The number of alkyl halides is 2. The summed E-state index contributed by atoms with van der Waals surface area (Å²) in [6.07, 6.45) is 4.86. The van der Waals surface area contributed by atoms with E-state index in [9.17, 15) is 19.8 Å². The lowest BCUT2D eigenvalue weighted by molar-refractivity contribution is 0.0971. The zero-order chi connectivity index (χ0) is 34.2. The number of aromatic hydroxyl groups is 2. The van der Waals surface area contributed by atoms with E-state index in [0.717, 1.165) is 35.1 Å². The first-order chi connectivity index (χ1) is 23.3. The third-order valence-corrected chi connectivity index (χ3v) is 9.58. The molecule has 4 aromatic rings. The van der Waals surface area contributed by atoms with E-state index in [4.69, 9.17) is 32.7 Å². The number of carbonyl (C=O) groups is 2. The molecule has 6 nitrogen and oxygen atoms in total. The maximum absolute atomic E-state index is 13.4. The molecule has 0 atom stereocenters. The van der Waals surface area contributed by atoms with Gasteiger partial charge in [-0.15, -0.1) is 23.2 Å². The summed E-state index contributed by atoms with van der Waals surface area (Å²) in [7, 11) is 3.20. The summed E-state index contributed by atoms with van der Waals surface area (Å²) in [6.45, 7) is 0. The number of para-hydroxylation sites is 2. The average Bonchev–Trinajstić information content (AvgIpc) is 3.08. The van der Waals surface area contributed by atoms with Crippen LogP contribution in [0.1, 0.15) is 104 Å². The first-order valence-electron chi connectivity index (χ1n) is 16.4. The molecule has 0 spiro atoms. The topological polar surface area (TPSA) is 93.1 Å². The van der Waals surface area contributed by atoms with E-state index < -0.39 is 0 Å². The second kappa shape index (κ2) is 16.4. The van der Waals surface area contributed by atoms with Gasteiger partial charge in [-0.2, -0.15) is 0 Å². The van der Waals surface area contributed by atoms with E-state index in [0.29, 0.717) is 108 Å². The Labute approximate surface area is 292 Å². The van der Waals surface area contributed by atoms with Gasteiger partial charge in [-0.05, 0) is 94.5 Å². The highest BCUT2D eigenvalue weighted by atomic mass is 35.5. The highest BCUT2D eigenvalue weighted by Crippen LogP contribution is 2.39. The number of carbonyl (C=O) groups excluding carboxylic acids is 2. The molecular weight excluding hydrogens is 647 g/mol. The lowest BCUT2D eigenvalue weighted by Crippen LogP contribution is -2.08. The number of unbranched alkanes of at least 4 members (excludes halogenated alkanes) is 2. The summed E-state index contributed by atoms with van der Waals surface area (Å²) in [5.41, 5.74) is 6.82. The molecule has 1 aliphatic rings. The fraction of sp³-hybridized carbons (Fsp3) is 0.350. The zero-order valence-electron chi connectivity index (χ0n) is 27.5. The van der Waals surface area contributed by atoms with E-state index in [1.54, 1.807) is 38.5 Å². The van der Waals surface area contributed by atoms with Crippen LogP contribution in [-0.2, 0) is 25.7 Å². The Morgan fingerprint density at radius 3 is 1.15 bits per heavy atom. The Balaban J connectivity index is 1.70. The van der Waals surface area contributed by atoms with Crippen LogP contribution in [0.5, 0.6) is 23.0 Å². The normalized spacial score (nSPS) is 12.4. The molecule has 0 aromatic heterocycles. The Kier molecular flexibility index (Phi) is 12.1. The number of hydrogen-bond donors (Lipinski definition) is 2. The number of phenols is 2. The number of methoxy groups -OCH3 is 2. The standard InChI is InChI=1S/C40H42Cl2O6/c1-47-39-25-9-7-10-26(39)18-32-22-30(36(44)14-4-6-16-42)24-34(38(32)46)20-28-12-8-11-27(40(28)48-2)19-33-23-29(21-31(17-25)37(33)45)35(43)13-3-5-15-41/h7-12,21-24,45-46H,3-6,13-20H2,1-2H3. The largest absolute Gasteiger partial charge is 0.507 e. The second-order valence-corrected chi connectivity index (χ2v) is 13.1. The van der Waals surface area contributed by atoms with Crippen LogP contribution < -0.4 is 9.47 Å². The minimum atomic E-state index is 0.000391. The highest BCUT2D eigenvalue weighted by molar-refractivity contribution is 6.18. The molecule has 0 radical (unpaired) electrons. The van der Waals surface area contributed by atoms with Gasteiger partial charge in [-0.3, -0.25) is 9.59 Å². The van der Waals surface area contributed by atoms with E-state index in [1.807, 2.05) is 36.4 Å². The van der Waals surface area contributed by atoms with Gasteiger partial charge in [0, 0.05) is 61.4 Å². The smallest absolute Gasteiger partial charge is 0.162 e. The average molecular weight is 690 g/mol. The molecule has 0 saturated carbocycles. The molecule has 0 aliphatic heterocycles. The van der Waals surface area contributed by atoms with E-state index in [2.05, 4.69) is 0 Å². The van der Waals surface area contributed by atoms with Gasteiger partial charge in [-0.1, -0.05) is 36.4 Å². The SMILES string of the molecule is COc1c2cccc1Cc1cc(C(=O)CCCCCl)cc(c1O)Cc1cccc(c1OC)Cc1cc(C(=O)CCCCCl)cc(c1O)C2. The molecule has 2 N–H and O–H groups in total. The Morgan fingerprint density at radius 2 is 0.875 bits per heavy atom. The lowest BCUT2D eigenvalue weighted by Gasteiger charge is -2.20. The van der Waals surface area contributed by atoms with Crippen LogP contribution in [0.2, 0.25) is 0 Å². The monoisotopic (exact) mass is 688 g/mol. The molecule has 8 heteroatoms. The number of phenolic OH excluding ortho intramolecular Hbond substituents is 2. The van der Waals surface area contributed by atoms with Crippen molar-refractivity contribution in [2.24, 2.45) is 0 Å². The van der Waals surface area contributed by atoms with Crippen LogP contribution >= 0.6 is 23.2 Å². The van der Waals surface area contributed by atoms with E-state index >= 15 is 0 Å². The quantitative estimate of drug-likeness (QED) is 0.0772. The molecule has 48 heavy (non-hydrogen) atoms. The van der Waals surface area contributed by atoms with Gasteiger partial charge in [0.15, 0.2) is 11.6 Å². The summed E-state index contributed by atoms with van der Waals surface area (Å²) in [5.74, 6) is 2.49. The van der Waals surface area contributed by atoms with Crippen molar-refractivity contribution in [1.82, 2.24) is 0 Å². The van der Waals surface area contributed by atoms with Crippen LogP contribution in [0.15, 0.2) is 60.7 Å². The maximum atomic E-state index is 13.4. The first-order valence-corrected chi connectivity index (χ1v) is 17.5. The van der Waals surface area contributed by atoms with Crippen molar-refractivity contribution in [2.75, 3.05) is 26.0 Å². The molecule has 0 saturated heterocycles. The van der Waals surface area contributed by atoms with Gasteiger partial charge < -0.3 is 19.7 Å². The lowest BCUT2D eigenvalue weighted by atomic mass is 9.88. The van der Waals surface area contributed by atoms with Crippen molar-refractivity contribution >= 4 is 34.8 Å². The molecule has 0 unspecified atom stereocenters. The number of rotatable bonds is 12. The summed E-state index contributed by atoms with van der Waals surface area (Å²) >= 11 is 11.8. The minimum absolute atomic E-state index is 0.000391. The third kappa shape index (κ3) is 7.99. The van der Waals surface area contributed by atoms with Crippen LogP contribution in [0.4, 0.5) is 0 Å². The van der Waals surface area contributed by atoms with Gasteiger partial charge >= 0.3 is 0 Å². The van der Waals surface area contributed by atoms with Crippen molar-refractivity contribution in [3.05, 3.63) is 116 Å². The zero-order valence-corrected chi connectivity index (χ0v) is 29.1. The second-order valence-electron chi connectivity index (χ2n) is 12.4. The summed E-state index contributed by atoms with van der Waals surface area (Å²) in [5, 5.41) is 23.4. The third-order valence-electron chi connectivity index (χ3n) is 9.04. The fourth-order valence-electron chi connectivity index (χ4n) is 6.61. The molecule has 1 aliphatic carbocycles. The molecule has 0 fully saturated rings. The molecule has 0 amide bonds. The van der Waals surface area contributed by atoms with Gasteiger partial charge in [0.1, 0.15) is 23.0 Å². The summed E-state index contributed by atoms with van der Waals surface area (Å²) in [6, 6.07) is 18.7. The summed E-state index contributed by atoms with van der Waals surface area (Å²) < 4.78 is 11.9.